The zero-order valence-corrected chi connectivity index (χ0v) is 10.4. The first kappa shape index (κ1) is 12.3. The SMILES string of the molecule is CCCC12CCC(CCC[C@H](C(F)F)C1)C2. The smallest absolute Gasteiger partial charge is 0.210 e. The molecule has 0 heterocycles. The van der Waals surface area contributed by atoms with Crippen molar-refractivity contribution < 1.29 is 8.78 Å². The third kappa shape index (κ3) is 2.57. The van der Waals surface area contributed by atoms with E-state index in [1.807, 2.05) is 0 Å². The number of hydrogen-bond donors (Lipinski definition) is 0. The monoisotopic (exact) mass is 230 g/mol. The molecule has 0 saturated heterocycles. The summed E-state index contributed by atoms with van der Waals surface area (Å²) in [6, 6.07) is 0. The zero-order chi connectivity index (χ0) is 11.6. The van der Waals surface area contributed by atoms with Gasteiger partial charge in [-0.05, 0) is 49.9 Å². The molecule has 16 heavy (non-hydrogen) atoms. The second-order valence-electron chi connectivity index (χ2n) is 6.09. The van der Waals surface area contributed by atoms with E-state index in [-0.39, 0.29) is 5.92 Å². The van der Waals surface area contributed by atoms with Crippen molar-refractivity contribution in [3.63, 3.8) is 0 Å². The first-order valence-electron chi connectivity index (χ1n) is 6.93. The lowest BCUT2D eigenvalue weighted by molar-refractivity contribution is 0.0289. The van der Waals surface area contributed by atoms with Crippen molar-refractivity contribution in [2.45, 2.75) is 71.1 Å². The molecule has 2 saturated carbocycles. The van der Waals surface area contributed by atoms with Crippen LogP contribution in [0.2, 0.25) is 0 Å². The number of rotatable bonds is 3. The third-order valence-electron chi connectivity index (χ3n) is 4.82. The Labute approximate surface area is 97.8 Å². The van der Waals surface area contributed by atoms with Crippen LogP contribution in [0, 0.1) is 17.3 Å². The Morgan fingerprint density at radius 2 is 2.00 bits per heavy atom. The quantitative estimate of drug-likeness (QED) is 0.638. The highest BCUT2D eigenvalue weighted by Crippen LogP contribution is 2.53. The number of fused-ring (bicyclic) bond motifs is 2. The van der Waals surface area contributed by atoms with Gasteiger partial charge in [0.1, 0.15) is 0 Å². The molecule has 2 aliphatic rings. The normalized spacial score (nSPS) is 39.8. The van der Waals surface area contributed by atoms with Gasteiger partial charge < -0.3 is 0 Å². The standard InChI is InChI=1S/C14H24F2/c1-2-7-14-8-6-11(9-14)4-3-5-12(10-14)13(15)16/h11-13H,2-10H2,1H3/t11?,12-,14?/m0/s1. The summed E-state index contributed by atoms with van der Waals surface area (Å²) in [6.45, 7) is 2.19. The van der Waals surface area contributed by atoms with Crippen LogP contribution in [0.25, 0.3) is 0 Å². The highest BCUT2D eigenvalue weighted by Gasteiger charge is 2.42. The van der Waals surface area contributed by atoms with Crippen molar-refractivity contribution >= 4 is 0 Å². The van der Waals surface area contributed by atoms with E-state index in [2.05, 4.69) is 6.92 Å². The summed E-state index contributed by atoms with van der Waals surface area (Å²) >= 11 is 0. The van der Waals surface area contributed by atoms with Crippen LogP contribution in [-0.2, 0) is 0 Å². The molecule has 2 fully saturated rings. The Hall–Kier alpha value is -0.140. The van der Waals surface area contributed by atoms with E-state index in [0.717, 1.165) is 31.6 Å². The van der Waals surface area contributed by atoms with E-state index in [1.54, 1.807) is 0 Å². The van der Waals surface area contributed by atoms with Crippen molar-refractivity contribution in [1.29, 1.82) is 0 Å². The lowest BCUT2D eigenvalue weighted by atomic mass is 9.71. The molecule has 0 radical (unpaired) electrons. The van der Waals surface area contributed by atoms with Crippen LogP contribution < -0.4 is 0 Å². The van der Waals surface area contributed by atoms with E-state index < -0.39 is 6.43 Å². The molecular formula is C14H24F2. The van der Waals surface area contributed by atoms with Gasteiger partial charge in [0.05, 0.1) is 0 Å². The predicted molar refractivity (Wildman–Crippen MR) is 62.6 cm³/mol. The molecule has 0 aromatic rings. The predicted octanol–water partition coefficient (Wildman–Crippen LogP) is 5.03. The molecular weight excluding hydrogens is 206 g/mol. The molecule has 0 N–H and O–H groups in total. The fourth-order valence-corrected chi connectivity index (χ4v) is 4.16. The molecule has 0 amide bonds. The summed E-state index contributed by atoms with van der Waals surface area (Å²) in [5.74, 6) is 0.538. The van der Waals surface area contributed by atoms with Gasteiger partial charge in [0.2, 0.25) is 6.43 Å². The van der Waals surface area contributed by atoms with Crippen LogP contribution in [0.3, 0.4) is 0 Å². The summed E-state index contributed by atoms with van der Waals surface area (Å²) in [5, 5.41) is 0. The summed E-state index contributed by atoms with van der Waals surface area (Å²) in [4.78, 5) is 0. The van der Waals surface area contributed by atoms with Gasteiger partial charge in [-0.25, -0.2) is 8.78 Å². The van der Waals surface area contributed by atoms with Gasteiger partial charge >= 0.3 is 0 Å². The number of hydrogen-bond acceptors (Lipinski definition) is 0. The molecule has 0 aliphatic heterocycles. The maximum absolute atomic E-state index is 13.0. The van der Waals surface area contributed by atoms with E-state index in [0.29, 0.717) is 5.41 Å². The van der Waals surface area contributed by atoms with Crippen LogP contribution in [0.15, 0.2) is 0 Å². The molecule has 2 bridgehead atoms. The van der Waals surface area contributed by atoms with Crippen LogP contribution in [-0.4, -0.2) is 6.43 Å². The molecule has 2 unspecified atom stereocenters. The highest BCUT2D eigenvalue weighted by molar-refractivity contribution is 4.92. The Balaban J connectivity index is 2.08. The fourth-order valence-electron chi connectivity index (χ4n) is 4.16. The van der Waals surface area contributed by atoms with Crippen molar-refractivity contribution in [3.8, 4) is 0 Å². The van der Waals surface area contributed by atoms with Crippen LogP contribution in [0.5, 0.6) is 0 Å². The first-order valence-corrected chi connectivity index (χ1v) is 6.93. The van der Waals surface area contributed by atoms with Crippen molar-refractivity contribution in [1.82, 2.24) is 0 Å². The first-order chi connectivity index (χ1) is 7.65. The lowest BCUT2D eigenvalue weighted by Crippen LogP contribution is -2.26. The summed E-state index contributed by atoms with van der Waals surface area (Å²) in [7, 11) is 0. The molecule has 0 nitrogen and oxygen atoms in total. The summed E-state index contributed by atoms with van der Waals surface area (Å²) in [6.07, 6.45) is 7.79. The van der Waals surface area contributed by atoms with Crippen LogP contribution in [0.1, 0.15) is 64.7 Å². The molecule has 2 rings (SSSR count). The average Bonchev–Trinajstić information content (AvgIpc) is 2.60. The van der Waals surface area contributed by atoms with Gasteiger partial charge in [-0.3, -0.25) is 0 Å². The second kappa shape index (κ2) is 5.01. The molecule has 2 heteroatoms. The van der Waals surface area contributed by atoms with Crippen molar-refractivity contribution in [3.05, 3.63) is 0 Å². The molecule has 0 aromatic carbocycles. The fraction of sp³-hybridized carbons (Fsp3) is 1.00. The Morgan fingerprint density at radius 3 is 2.69 bits per heavy atom. The van der Waals surface area contributed by atoms with Gasteiger partial charge in [-0.2, -0.15) is 0 Å². The zero-order valence-electron chi connectivity index (χ0n) is 10.4. The number of alkyl halides is 2. The minimum atomic E-state index is -2.09. The van der Waals surface area contributed by atoms with E-state index in [4.69, 9.17) is 0 Å². The Morgan fingerprint density at radius 1 is 1.19 bits per heavy atom. The molecule has 0 aromatic heterocycles. The van der Waals surface area contributed by atoms with Crippen molar-refractivity contribution in [2.75, 3.05) is 0 Å². The summed E-state index contributed by atoms with van der Waals surface area (Å²) in [5.41, 5.74) is 0.293. The van der Waals surface area contributed by atoms with E-state index in [1.165, 1.54) is 32.1 Å². The molecule has 94 valence electrons. The van der Waals surface area contributed by atoms with Crippen LogP contribution in [0.4, 0.5) is 8.78 Å². The van der Waals surface area contributed by atoms with Gasteiger partial charge in [0.15, 0.2) is 0 Å². The van der Waals surface area contributed by atoms with Gasteiger partial charge in [-0.1, -0.05) is 26.2 Å². The molecule has 2 aliphatic carbocycles. The average molecular weight is 230 g/mol. The van der Waals surface area contributed by atoms with E-state index in [9.17, 15) is 8.78 Å². The molecule has 0 spiro atoms. The van der Waals surface area contributed by atoms with Gasteiger partial charge in [-0.15, -0.1) is 0 Å². The lowest BCUT2D eigenvalue weighted by Gasteiger charge is -2.35. The Kier molecular flexibility index (Phi) is 3.86. The Bertz CT molecular complexity index is 227. The highest BCUT2D eigenvalue weighted by atomic mass is 19.3. The topological polar surface area (TPSA) is 0 Å². The van der Waals surface area contributed by atoms with Crippen LogP contribution >= 0.6 is 0 Å². The molecule has 3 atom stereocenters. The van der Waals surface area contributed by atoms with E-state index >= 15 is 0 Å². The third-order valence-corrected chi connectivity index (χ3v) is 4.82. The maximum Gasteiger partial charge on any atom is 0.241 e. The minimum Gasteiger partial charge on any atom is -0.210 e. The largest absolute Gasteiger partial charge is 0.241 e. The van der Waals surface area contributed by atoms with Gasteiger partial charge in [0, 0.05) is 5.92 Å². The summed E-state index contributed by atoms with van der Waals surface area (Å²) < 4.78 is 25.9. The van der Waals surface area contributed by atoms with Gasteiger partial charge in [0.25, 0.3) is 0 Å². The minimum absolute atomic E-state index is 0.293. The number of halogens is 2. The maximum atomic E-state index is 13.0. The second-order valence-corrected chi connectivity index (χ2v) is 6.09. The van der Waals surface area contributed by atoms with Crippen molar-refractivity contribution in [2.24, 2.45) is 17.3 Å².